The highest BCUT2D eigenvalue weighted by Crippen LogP contribution is 2.30. The molecule has 0 spiro atoms. The van der Waals surface area contributed by atoms with Gasteiger partial charge in [-0.05, 0) is 55.5 Å². The summed E-state index contributed by atoms with van der Waals surface area (Å²) in [7, 11) is -3.65. The van der Waals surface area contributed by atoms with Crippen molar-refractivity contribution in [3.8, 4) is 5.75 Å². The van der Waals surface area contributed by atoms with Crippen LogP contribution in [0.1, 0.15) is 52.5 Å². The Kier molecular flexibility index (Phi) is 12.9. The molecule has 0 aromatic heterocycles. The van der Waals surface area contributed by atoms with E-state index in [0.717, 1.165) is 11.8 Å². The van der Waals surface area contributed by atoms with E-state index in [9.17, 15) is 18.0 Å². The third-order valence-electron chi connectivity index (χ3n) is 5.99. The van der Waals surface area contributed by atoms with E-state index in [1.54, 1.807) is 42.5 Å². The lowest BCUT2D eigenvalue weighted by molar-refractivity contribution is -0.141. The molecule has 1 atom stereocenters. The number of nitrogens with zero attached hydrogens (tertiary/aromatic N) is 2. The standard InChI is InChI=1S/C28H39Cl2N3O5S/c1-6-24(28(35)31-18-20(3)4)32(19-21-14-15-22(29)23(30)17-21)27(34)13-10-16-33(39(5,36)37)25-11-8-9-12-26(25)38-7-2/h8-9,11-12,14-15,17,20,24H,6-7,10,13,16,18-19H2,1-5H3,(H,31,35)/t24-/m0/s1. The van der Waals surface area contributed by atoms with Gasteiger partial charge >= 0.3 is 0 Å². The van der Waals surface area contributed by atoms with Crippen molar-refractivity contribution in [1.29, 1.82) is 0 Å². The fourth-order valence-corrected chi connectivity index (χ4v) is 5.39. The summed E-state index contributed by atoms with van der Waals surface area (Å²) in [4.78, 5) is 28.2. The Morgan fingerprint density at radius 2 is 1.74 bits per heavy atom. The molecule has 216 valence electrons. The average molecular weight is 601 g/mol. The van der Waals surface area contributed by atoms with Gasteiger partial charge in [-0.1, -0.05) is 62.2 Å². The quantitative estimate of drug-likeness (QED) is 0.291. The number of sulfonamides is 1. The first-order chi connectivity index (χ1) is 18.4. The molecule has 0 saturated heterocycles. The fraction of sp³-hybridized carbons (Fsp3) is 0.500. The van der Waals surface area contributed by atoms with Crippen LogP contribution in [-0.4, -0.2) is 57.1 Å². The predicted molar refractivity (Wildman–Crippen MR) is 158 cm³/mol. The molecular weight excluding hydrogens is 561 g/mol. The van der Waals surface area contributed by atoms with Crippen molar-refractivity contribution in [2.75, 3.05) is 30.3 Å². The summed E-state index contributed by atoms with van der Waals surface area (Å²) in [6, 6.07) is 11.3. The Balaban J connectivity index is 2.27. The van der Waals surface area contributed by atoms with E-state index in [0.29, 0.717) is 41.1 Å². The monoisotopic (exact) mass is 599 g/mol. The molecule has 2 aromatic carbocycles. The summed E-state index contributed by atoms with van der Waals surface area (Å²) in [5.41, 5.74) is 1.15. The zero-order valence-electron chi connectivity index (χ0n) is 23.2. The van der Waals surface area contributed by atoms with Crippen molar-refractivity contribution >= 4 is 50.7 Å². The largest absolute Gasteiger partial charge is 0.492 e. The number of hydrogen-bond acceptors (Lipinski definition) is 5. The van der Waals surface area contributed by atoms with Gasteiger partial charge in [0.15, 0.2) is 0 Å². The molecular formula is C28H39Cl2N3O5S. The van der Waals surface area contributed by atoms with Crippen LogP contribution in [0.4, 0.5) is 5.69 Å². The van der Waals surface area contributed by atoms with Gasteiger partial charge in [-0.2, -0.15) is 0 Å². The topological polar surface area (TPSA) is 96.0 Å². The van der Waals surface area contributed by atoms with Gasteiger partial charge in [-0.25, -0.2) is 8.42 Å². The van der Waals surface area contributed by atoms with Crippen LogP contribution in [0.5, 0.6) is 5.75 Å². The van der Waals surface area contributed by atoms with E-state index in [-0.39, 0.29) is 43.7 Å². The first kappa shape index (κ1) is 32.7. The summed E-state index contributed by atoms with van der Waals surface area (Å²) in [6.45, 7) is 8.78. The summed E-state index contributed by atoms with van der Waals surface area (Å²) in [5.74, 6) is 0.209. The molecule has 39 heavy (non-hydrogen) atoms. The Morgan fingerprint density at radius 1 is 1.05 bits per heavy atom. The Hall–Kier alpha value is -2.49. The maximum atomic E-state index is 13.6. The Labute approximate surface area is 242 Å². The van der Waals surface area contributed by atoms with Crippen molar-refractivity contribution in [1.82, 2.24) is 10.2 Å². The fourth-order valence-electron chi connectivity index (χ4n) is 4.10. The number of carbonyl (C=O) groups excluding carboxylic acids is 2. The summed E-state index contributed by atoms with van der Waals surface area (Å²) >= 11 is 12.3. The molecule has 0 aliphatic heterocycles. The van der Waals surface area contributed by atoms with Gasteiger partial charge in [0.1, 0.15) is 11.8 Å². The van der Waals surface area contributed by atoms with Crippen molar-refractivity contribution < 1.29 is 22.7 Å². The van der Waals surface area contributed by atoms with E-state index in [1.807, 2.05) is 27.7 Å². The maximum Gasteiger partial charge on any atom is 0.242 e. The summed E-state index contributed by atoms with van der Waals surface area (Å²) < 4.78 is 32.2. The molecule has 0 bridgehead atoms. The molecule has 0 radical (unpaired) electrons. The molecule has 0 fully saturated rings. The van der Waals surface area contributed by atoms with Crippen LogP contribution in [0.3, 0.4) is 0 Å². The molecule has 0 aliphatic rings. The number of halogens is 2. The number of amides is 2. The van der Waals surface area contributed by atoms with Gasteiger partial charge < -0.3 is 15.0 Å². The van der Waals surface area contributed by atoms with Gasteiger partial charge in [-0.15, -0.1) is 0 Å². The van der Waals surface area contributed by atoms with Gasteiger partial charge in [-0.3, -0.25) is 13.9 Å². The van der Waals surface area contributed by atoms with Crippen LogP contribution < -0.4 is 14.4 Å². The molecule has 2 amide bonds. The van der Waals surface area contributed by atoms with Gasteiger partial charge in [0.2, 0.25) is 21.8 Å². The molecule has 2 rings (SSSR count). The lowest BCUT2D eigenvalue weighted by Crippen LogP contribution is -2.49. The molecule has 0 unspecified atom stereocenters. The average Bonchev–Trinajstić information content (AvgIpc) is 2.87. The zero-order valence-corrected chi connectivity index (χ0v) is 25.6. The summed E-state index contributed by atoms with van der Waals surface area (Å²) in [5, 5.41) is 3.68. The molecule has 0 aliphatic carbocycles. The second-order valence-electron chi connectivity index (χ2n) is 9.67. The Bertz CT molecular complexity index is 1220. The van der Waals surface area contributed by atoms with Gasteiger partial charge in [0, 0.05) is 26.1 Å². The summed E-state index contributed by atoms with van der Waals surface area (Å²) in [6.07, 6.45) is 1.82. The number of hydrogen-bond donors (Lipinski definition) is 1. The van der Waals surface area contributed by atoms with E-state index in [2.05, 4.69) is 5.32 Å². The van der Waals surface area contributed by atoms with Crippen LogP contribution in [0.25, 0.3) is 0 Å². The number of carbonyl (C=O) groups is 2. The number of nitrogens with one attached hydrogen (secondary N) is 1. The third-order valence-corrected chi connectivity index (χ3v) is 7.91. The zero-order chi connectivity index (χ0) is 29.2. The first-order valence-corrected chi connectivity index (χ1v) is 15.7. The van der Waals surface area contributed by atoms with E-state index in [1.165, 1.54) is 9.21 Å². The molecule has 8 nitrogen and oxygen atoms in total. The molecule has 0 saturated carbocycles. The second kappa shape index (κ2) is 15.3. The maximum absolute atomic E-state index is 13.6. The number of rotatable bonds is 15. The van der Waals surface area contributed by atoms with Crippen molar-refractivity contribution in [2.24, 2.45) is 5.92 Å². The van der Waals surface area contributed by atoms with Gasteiger partial charge in [0.05, 0.1) is 28.6 Å². The minimum atomic E-state index is -3.65. The number of anilines is 1. The number of para-hydroxylation sites is 2. The molecule has 1 N–H and O–H groups in total. The van der Waals surface area contributed by atoms with Crippen molar-refractivity contribution in [2.45, 2.75) is 59.5 Å². The normalized spacial score (nSPS) is 12.2. The highest BCUT2D eigenvalue weighted by Gasteiger charge is 2.29. The van der Waals surface area contributed by atoms with Crippen LogP contribution in [-0.2, 0) is 26.2 Å². The molecule has 11 heteroatoms. The third kappa shape index (κ3) is 9.89. The van der Waals surface area contributed by atoms with E-state index in [4.69, 9.17) is 27.9 Å². The van der Waals surface area contributed by atoms with Crippen LogP contribution in [0.15, 0.2) is 42.5 Å². The lowest BCUT2D eigenvalue weighted by atomic mass is 10.1. The smallest absolute Gasteiger partial charge is 0.242 e. The number of ether oxygens (including phenoxy) is 1. The highest BCUT2D eigenvalue weighted by atomic mass is 35.5. The minimum absolute atomic E-state index is 0.0398. The van der Waals surface area contributed by atoms with Gasteiger partial charge in [0.25, 0.3) is 0 Å². The minimum Gasteiger partial charge on any atom is -0.492 e. The second-order valence-corrected chi connectivity index (χ2v) is 12.4. The van der Waals surface area contributed by atoms with Crippen molar-refractivity contribution in [3.05, 3.63) is 58.1 Å². The Morgan fingerprint density at radius 3 is 2.33 bits per heavy atom. The predicted octanol–water partition coefficient (Wildman–Crippen LogP) is 5.52. The lowest BCUT2D eigenvalue weighted by Gasteiger charge is -2.31. The molecule has 0 heterocycles. The van der Waals surface area contributed by atoms with Crippen molar-refractivity contribution in [3.63, 3.8) is 0 Å². The molecule has 2 aromatic rings. The van der Waals surface area contributed by atoms with Crippen LogP contribution in [0, 0.1) is 5.92 Å². The highest BCUT2D eigenvalue weighted by molar-refractivity contribution is 7.92. The van der Waals surface area contributed by atoms with Crippen LogP contribution >= 0.6 is 23.2 Å². The van der Waals surface area contributed by atoms with E-state index < -0.39 is 16.1 Å². The first-order valence-electron chi connectivity index (χ1n) is 13.1. The SMILES string of the molecule is CCOc1ccccc1N(CCCC(=O)N(Cc1ccc(Cl)c(Cl)c1)[C@@H](CC)C(=O)NCC(C)C)S(C)(=O)=O. The van der Waals surface area contributed by atoms with E-state index >= 15 is 0 Å². The number of benzene rings is 2. The van der Waals surface area contributed by atoms with Crippen LogP contribution in [0.2, 0.25) is 10.0 Å².